The van der Waals surface area contributed by atoms with E-state index in [9.17, 15) is 14.4 Å². The molecule has 176 valence electrons. The first-order valence-corrected chi connectivity index (χ1v) is 11.8. The summed E-state index contributed by atoms with van der Waals surface area (Å²) in [5.41, 5.74) is 1.19. The molecule has 1 atom stereocenters. The summed E-state index contributed by atoms with van der Waals surface area (Å²) < 4.78 is 5.25. The molecule has 7 heteroatoms. The fraction of sp³-hybridized carbons (Fsp3) is 0.640. The molecule has 2 N–H and O–H groups in total. The summed E-state index contributed by atoms with van der Waals surface area (Å²) in [6.07, 6.45) is 6.47. The van der Waals surface area contributed by atoms with Crippen LogP contribution in [0.1, 0.15) is 82.9 Å². The number of nitrogens with one attached hydrogen (secondary N) is 2. The predicted octanol–water partition coefficient (Wildman–Crippen LogP) is 4.00. The number of nitrogens with zero attached hydrogens (tertiary/aromatic N) is 1. The summed E-state index contributed by atoms with van der Waals surface area (Å²) in [5.74, 6) is -0.413. The molecule has 3 rings (SSSR count). The second kappa shape index (κ2) is 10.4. The number of carbonyl (C=O) groups is 3. The number of hydrogen-bond acceptors (Lipinski definition) is 4. The van der Waals surface area contributed by atoms with Crippen LogP contribution in [-0.2, 0) is 14.3 Å². The minimum atomic E-state index is -0.711. The van der Waals surface area contributed by atoms with E-state index in [0.717, 1.165) is 49.7 Å². The van der Waals surface area contributed by atoms with Gasteiger partial charge in [-0.1, -0.05) is 49.1 Å². The van der Waals surface area contributed by atoms with Gasteiger partial charge in [-0.15, -0.1) is 0 Å². The largest absolute Gasteiger partial charge is 0.444 e. The van der Waals surface area contributed by atoms with Crippen molar-refractivity contribution >= 4 is 17.9 Å². The van der Waals surface area contributed by atoms with Crippen LogP contribution < -0.4 is 10.6 Å². The van der Waals surface area contributed by atoms with Gasteiger partial charge in [0, 0.05) is 12.1 Å². The first kappa shape index (κ1) is 24.1. The topological polar surface area (TPSA) is 87.7 Å². The molecule has 2 aliphatic rings. The summed E-state index contributed by atoms with van der Waals surface area (Å²) in [6, 6.07) is 7.21. The molecule has 0 saturated heterocycles. The van der Waals surface area contributed by atoms with Crippen molar-refractivity contribution in [1.82, 2.24) is 15.5 Å². The average Bonchev–Trinajstić information content (AvgIpc) is 3.54. The van der Waals surface area contributed by atoms with Gasteiger partial charge in [0.15, 0.2) is 0 Å². The molecule has 2 saturated carbocycles. The maximum Gasteiger partial charge on any atom is 0.408 e. The normalized spacial score (nSPS) is 17.9. The lowest BCUT2D eigenvalue weighted by atomic mass is 9.94. The van der Waals surface area contributed by atoms with E-state index in [2.05, 4.69) is 10.6 Å². The van der Waals surface area contributed by atoms with Gasteiger partial charge >= 0.3 is 6.09 Å². The Labute approximate surface area is 191 Å². The van der Waals surface area contributed by atoms with E-state index in [1.54, 1.807) is 25.7 Å². The highest BCUT2D eigenvalue weighted by Gasteiger charge is 2.41. The number of amides is 3. The Morgan fingerprint density at radius 2 is 1.78 bits per heavy atom. The van der Waals surface area contributed by atoms with Crippen molar-refractivity contribution in [3.05, 3.63) is 35.4 Å². The van der Waals surface area contributed by atoms with E-state index in [0.29, 0.717) is 0 Å². The second-order valence-electron chi connectivity index (χ2n) is 10.0. The lowest BCUT2D eigenvalue weighted by Gasteiger charge is -2.34. The molecule has 0 radical (unpaired) electrons. The lowest BCUT2D eigenvalue weighted by Crippen LogP contribution is -2.50. The van der Waals surface area contributed by atoms with Crippen LogP contribution in [-0.4, -0.2) is 47.0 Å². The van der Waals surface area contributed by atoms with Gasteiger partial charge in [-0.3, -0.25) is 9.59 Å². The van der Waals surface area contributed by atoms with E-state index in [-0.39, 0.29) is 30.4 Å². The van der Waals surface area contributed by atoms with Crippen LogP contribution >= 0.6 is 0 Å². The molecule has 0 spiro atoms. The van der Waals surface area contributed by atoms with Gasteiger partial charge in [0.05, 0.1) is 0 Å². The third-order valence-electron chi connectivity index (χ3n) is 5.85. The highest BCUT2D eigenvalue weighted by Crippen LogP contribution is 2.35. The molecule has 7 nitrogen and oxygen atoms in total. The number of rotatable bonds is 7. The zero-order valence-electron chi connectivity index (χ0n) is 19.8. The molecular formula is C25H37N3O4. The molecule has 0 aromatic heterocycles. The number of benzene rings is 1. The van der Waals surface area contributed by atoms with Crippen molar-refractivity contribution in [2.24, 2.45) is 0 Å². The minimum Gasteiger partial charge on any atom is -0.444 e. The van der Waals surface area contributed by atoms with Gasteiger partial charge in [0.25, 0.3) is 0 Å². The third-order valence-corrected chi connectivity index (χ3v) is 5.85. The van der Waals surface area contributed by atoms with E-state index in [1.165, 1.54) is 6.42 Å². The highest BCUT2D eigenvalue weighted by molar-refractivity contribution is 5.91. The fourth-order valence-electron chi connectivity index (χ4n) is 4.27. The van der Waals surface area contributed by atoms with Gasteiger partial charge < -0.3 is 20.3 Å². The first-order valence-electron chi connectivity index (χ1n) is 11.8. The Balaban J connectivity index is 1.79. The quantitative estimate of drug-likeness (QED) is 0.667. The van der Waals surface area contributed by atoms with E-state index < -0.39 is 17.7 Å². The lowest BCUT2D eigenvalue weighted by molar-refractivity contribution is -0.141. The van der Waals surface area contributed by atoms with Crippen molar-refractivity contribution in [3.63, 3.8) is 0 Å². The SMILES string of the molecule is Cc1cccc(C(C(=O)NC2CCCCC2)N(C(=O)CNC(=O)OC(C)(C)C)C2CC2)c1. The highest BCUT2D eigenvalue weighted by atomic mass is 16.6. The molecule has 2 aliphatic carbocycles. The van der Waals surface area contributed by atoms with E-state index in [1.807, 2.05) is 31.2 Å². The maximum atomic E-state index is 13.5. The number of alkyl carbamates (subject to hydrolysis) is 1. The van der Waals surface area contributed by atoms with Gasteiger partial charge in [-0.2, -0.15) is 0 Å². The Morgan fingerprint density at radius 3 is 2.38 bits per heavy atom. The fourth-order valence-corrected chi connectivity index (χ4v) is 4.27. The molecule has 32 heavy (non-hydrogen) atoms. The van der Waals surface area contributed by atoms with E-state index >= 15 is 0 Å². The summed E-state index contributed by atoms with van der Waals surface area (Å²) in [6.45, 7) is 7.09. The van der Waals surface area contributed by atoms with Crippen molar-refractivity contribution in [2.45, 2.75) is 96.4 Å². The Kier molecular flexibility index (Phi) is 7.80. The van der Waals surface area contributed by atoms with Crippen LogP contribution in [0.4, 0.5) is 4.79 Å². The van der Waals surface area contributed by atoms with Crippen LogP contribution in [0.2, 0.25) is 0 Å². The number of ether oxygens (including phenoxy) is 1. The maximum absolute atomic E-state index is 13.5. The zero-order valence-corrected chi connectivity index (χ0v) is 19.8. The minimum absolute atomic E-state index is 0.00514. The summed E-state index contributed by atoms with van der Waals surface area (Å²) >= 11 is 0. The number of carbonyl (C=O) groups excluding carboxylic acids is 3. The molecule has 2 fully saturated rings. The molecule has 0 aliphatic heterocycles. The Morgan fingerprint density at radius 1 is 1.09 bits per heavy atom. The van der Waals surface area contributed by atoms with Gasteiger partial charge in [0.2, 0.25) is 11.8 Å². The van der Waals surface area contributed by atoms with Crippen LogP contribution in [0.15, 0.2) is 24.3 Å². The molecule has 3 amide bonds. The summed E-state index contributed by atoms with van der Waals surface area (Å²) in [7, 11) is 0. The molecule has 1 unspecified atom stereocenters. The van der Waals surface area contributed by atoms with E-state index in [4.69, 9.17) is 4.74 Å². The standard InChI is InChI=1S/C25H37N3O4/c1-17-9-8-10-18(15-17)22(23(30)27-19-11-6-5-7-12-19)28(20-13-14-20)21(29)16-26-24(31)32-25(2,3)4/h8-10,15,19-20,22H,5-7,11-14,16H2,1-4H3,(H,26,31)(H,27,30). The Hall–Kier alpha value is -2.57. The molecule has 1 aromatic carbocycles. The van der Waals surface area contributed by atoms with Crippen LogP contribution in [0.3, 0.4) is 0 Å². The number of hydrogen-bond donors (Lipinski definition) is 2. The third kappa shape index (κ3) is 6.97. The van der Waals surface area contributed by atoms with Crippen molar-refractivity contribution < 1.29 is 19.1 Å². The van der Waals surface area contributed by atoms with Crippen LogP contribution in [0.5, 0.6) is 0 Å². The average molecular weight is 444 g/mol. The smallest absolute Gasteiger partial charge is 0.408 e. The Bertz CT molecular complexity index is 823. The van der Waals surface area contributed by atoms with Gasteiger partial charge in [-0.25, -0.2) is 4.79 Å². The van der Waals surface area contributed by atoms with Crippen molar-refractivity contribution in [2.75, 3.05) is 6.54 Å². The molecule has 0 heterocycles. The van der Waals surface area contributed by atoms with Crippen molar-refractivity contribution in [3.8, 4) is 0 Å². The first-order chi connectivity index (χ1) is 15.1. The van der Waals surface area contributed by atoms with Crippen molar-refractivity contribution in [1.29, 1.82) is 0 Å². The predicted molar refractivity (Wildman–Crippen MR) is 123 cm³/mol. The van der Waals surface area contributed by atoms with Gasteiger partial charge in [-0.05, 0) is 58.9 Å². The summed E-state index contributed by atoms with van der Waals surface area (Å²) in [4.78, 5) is 40.5. The molecular weight excluding hydrogens is 406 g/mol. The van der Waals surface area contributed by atoms with Crippen LogP contribution in [0.25, 0.3) is 0 Å². The second-order valence-corrected chi connectivity index (χ2v) is 10.0. The number of aryl methyl sites for hydroxylation is 1. The molecule has 0 bridgehead atoms. The molecule has 1 aromatic rings. The monoisotopic (exact) mass is 443 g/mol. The summed E-state index contributed by atoms with van der Waals surface area (Å²) in [5, 5.41) is 5.76. The van der Waals surface area contributed by atoms with Gasteiger partial charge in [0.1, 0.15) is 18.2 Å². The zero-order chi connectivity index (χ0) is 23.3. The van der Waals surface area contributed by atoms with Crippen LogP contribution in [0, 0.1) is 6.92 Å².